The number of carbonyl (C=O) groups excluding carboxylic acids is 1. The van der Waals surface area contributed by atoms with Crippen LogP contribution in [0.2, 0.25) is 0 Å². The molecule has 0 bridgehead atoms. The molecule has 6 nitrogen and oxygen atoms in total. The molecule has 3 aromatic rings. The first-order chi connectivity index (χ1) is 16.9. The van der Waals surface area contributed by atoms with Gasteiger partial charge in [0.25, 0.3) is 15.9 Å². The third-order valence-corrected chi connectivity index (χ3v) is 8.81. The normalized spacial score (nSPS) is 17.1. The van der Waals surface area contributed by atoms with Crippen LogP contribution in [0.1, 0.15) is 34.3 Å². The molecular weight excluding hydrogens is 467 g/mol. The molecule has 0 spiro atoms. The van der Waals surface area contributed by atoms with E-state index in [-0.39, 0.29) is 22.2 Å². The van der Waals surface area contributed by atoms with Crippen LogP contribution in [0.4, 0.5) is 10.1 Å². The molecule has 2 aliphatic heterocycles. The molecule has 2 heterocycles. The van der Waals surface area contributed by atoms with Crippen LogP contribution in [0, 0.1) is 5.82 Å². The molecule has 1 saturated heterocycles. The van der Waals surface area contributed by atoms with E-state index in [2.05, 4.69) is 5.32 Å². The van der Waals surface area contributed by atoms with Crippen molar-refractivity contribution < 1.29 is 22.3 Å². The van der Waals surface area contributed by atoms with Crippen molar-refractivity contribution >= 4 is 21.6 Å². The molecule has 3 aromatic carbocycles. The minimum atomic E-state index is -3.81. The molecule has 0 unspecified atom stereocenters. The molecule has 0 saturated carbocycles. The number of sulfonamides is 1. The number of amides is 1. The van der Waals surface area contributed by atoms with Crippen LogP contribution in [0.15, 0.2) is 77.7 Å². The molecule has 1 N–H and O–H groups in total. The Bertz CT molecular complexity index is 1350. The van der Waals surface area contributed by atoms with Gasteiger partial charge in [0.1, 0.15) is 5.82 Å². The summed E-state index contributed by atoms with van der Waals surface area (Å²) in [6.07, 6.45) is 1.96. The fourth-order valence-corrected chi connectivity index (χ4v) is 6.53. The summed E-state index contributed by atoms with van der Waals surface area (Å²) in [5, 5.41) is 2.97. The lowest BCUT2D eigenvalue weighted by Crippen LogP contribution is -2.44. The Balaban J connectivity index is 1.36. The van der Waals surface area contributed by atoms with Gasteiger partial charge in [0.15, 0.2) is 0 Å². The number of nitrogens with zero attached hydrogens (tertiary/aromatic N) is 1. The number of ether oxygens (including phenoxy) is 1. The van der Waals surface area contributed by atoms with Gasteiger partial charge in [0.05, 0.1) is 10.6 Å². The first-order valence-corrected chi connectivity index (χ1v) is 13.2. The number of hydrogen-bond acceptors (Lipinski definition) is 4. The maximum absolute atomic E-state index is 14.0. The second kappa shape index (κ2) is 9.43. The van der Waals surface area contributed by atoms with Crippen molar-refractivity contribution in [2.45, 2.75) is 29.6 Å². The summed E-state index contributed by atoms with van der Waals surface area (Å²) >= 11 is 0. The van der Waals surface area contributed by atoms with E-state index in [0.29, 0.717) is 51.3 Å². The predicted molar refractivity (Wildman–Crippen MR) is 132 cm³/mol. The SMILES string of the molecule is O=C(NCC1(c2cccc(F)c2)CCOCC1)c1cccc(S(=O)(=O)N2CCc3ccccc32)c1. The van der Waals surface area contributed by atoms with Gasteiger partial charge in [-0.2, -0.15) is 0 Å². The summed E-state index contributed by atoms with van der Waals surface area (Å²) in [7, 11) is -3.81. The minimum Gasteiger partial charge on any atom is -0.381 e. The van der Waals surface area contributed by atoms with E-state index in [9.17, 15) is 17.6 Å². The number of anilines is 1. The van der Waals surface area contributed by atoms with E-state index >= 15 is 0 Å². The summed E-state index contributed by atoms with van der Waals surface area (Å²) in [6, 6.07) is 20.0. The number of nitrogens with one attached hydrogen (secondary N) is 1. The first kappa shape index (κ1) is 23.5. The Morgan fingerprint density at radius 1 is 1.00 bits per heavy atom. The molecule has 1 fully saturated rings. The molecule has 35 heavy (non-hydrogen) atoms. The number of hydrogen-bond donors (Lipinski definition) is 1. The van der Waals surface area contributed by atoms with Crippen molar-refractivity contribution in [1.29, 1.82) is 0 Å². The second-order valence-electron chi connectivity index (χ2n) is 9.07. The molecule has 0 aliphatic carbocycles. The Labute approximate surface area is 204 Å². The van der Waals surface area contributed by atoms with E-state index in [1.165, 1.54) is 28.6 Å². The van der Waals surface area contributed by atoms with Gasteiger partial charge in [-0.05, 0) is 66.8 Å². The fraction of sp³-hybridized carbons (Fsp3) is 0.296. The summed E-state index contributed by atoms with van der Waals surface area (Å²) in [5.41, 5.74) is 2.31. The van der Waals surface area contributed by atoms with Crippen LogP contribution < -0.4 is 9.62 Å². The van der Waals surface area contributed by atoms with Crippen molar-refractivity contribution in [3.8, 4) is 0 Å². The van der Waals surface area contributed by atoms with Crippen LogP contribution in [0.5, 0.6) is 0 Å². The molecule has 1 amide bonds. The smallest absolute Gasteiger partial charge is 0.264 e. The van der Waals surface area contributed by atoms with Gasteiger partial charge < -0.3 is 10.1 Å². The van der Waals surface area contributed by atoms with Crippen molar-refractivity contribution in [3.05, 3.63) is 95.3 Å². The van der Waals surface area contributed by atoms with Gasteiger partial charge in [0, 0.05) is 37.3 Å². The summed E-state index contributed by atoms with van der Waals surface area (Å²) in [4.78, 5) is 13.2. The van der Waals surface area contributed by atoms with E-state index in [1.807, 2.05) is 24.3 Å². The third-order valence-electron chi connectivity index (χ3n) is 7.00. The topological polar surface area (TPSA) is 75.7 Å². The highest BCUT2D eigenvalue weighted by atomic mass is 32.2. The predicted octanol–water partition coefficient (Wildman–Crippen LogP) is 4.06. The fourth-order valence-electron chi connectivity index (χ4n) is 4.98. The molecule has 5 rings (SSSR count). The largest absolute Gasteiger partial charge is 0.381 e. The average Bonchev–Trinajstić information content (AvgIpc) is 3.33. The standard InChI is InChI=1S/C27H27FN2O4S/c28-23-8-4-7-22(18-23)27(12-15-34-16-13-27)19-29-26(31)21-6-3-9-24(17-21)35(32,33)30-14-11-20-5-1-2-10-25(20)30/h1-10,17-18H,11-16,19H2,(H,29,31). The van der Waals surface area contributed by atoms with Crippen LogP contribution in [0.25, 0.3) is 0 Å². The van der Waals surface area contributed by atoms with Crippen molar-refractivity contribution in [2.24, 2.45) is 0 Å². The summed E-state index contributed by atoms with van der Waals surface area (Å²) in [5.74, 6) is -0.688. The Morgan fingerprint density at radius 3 is 2.57 bits per heavy atom. The molecule has 182 valence electrons. The van der Waals surface area contributed by atoms with E-state index in [4.69, 9.17) is 4.74 Å². The highest BCUT2D eigenvalue weighted by Gasteiger charge is 2.35. The number of fused-ring (bicyclic) bond motifs is 1. The van der Waals surface area contributed by atoms with Gasteiger partial charge in [-0.3, -0.25) is 9.10 Å². The zero-order chi connectivity index (χ0) is 24.5. The zero-order valence-electron chi connectivity index (χ0n) is 19.2. The quantitative estimate of drug-likeness (QED) is 0.561. The van der Waals surface area contributed by atoms with Gasteiger partial charge in [-0.15, -0.1) is 0 Å². The lowest BCUT2D eigenvalue weighted by molar-refractivity contribution is 0.0486. The first-order valence-electron chi connectivity index (χ1n) is 11.7. The van der Waals surface area contributed by atoms with Gasteiger partial charge in [-0.25, -0.2) is 12.8 Å². The van der Waals surface area contributed by atoms with Crippen LogP contribution in [-0.2, 0) is 26.6 Å². The van der Waals surface area contributed by atoms with Gasteiger partial charge >= 0.3 is 0 Å². The molecule has 0 aromatic heterocycles. The summed E-state index contributed by atoms with van der Waals surface area (Å²) < 4.78 is 47.7. The minimum absolute atomic E-state index is 0.0766. The van der Waals surface area contributed by atoms with Crippen molar-refractivity contribution in [2.75, 3.05) is 30.6 Å². The maximum atomic E-state index is 14.0. The molecule has 2 aliphatic rings. The number of halogens is 1. The van der Waals surface area contributed by atoms with Crippen LogP contribution >= 0.6 is 0 Å². The van der Waals surface area contributed by atoms with E-state index in [0.717, 1.165) is 11.1 Å². The summed E-state index contributed by atoms with van der Waals surface area (Å²) in [6.45, 7) is 1.72. The van der Waals surface area contributed by atoms with Gasteiger partial charge in [0.2, 0.25) is 0 Å². The molecule has 8 heteroatoms. The lowest BCUT2D eigenvalue weighted by atomic mass is 9.74. The highest BCUT2D eigenvalue weighted by Crippen LogP contribution is 2.35. The number of benzene rings is 3. The highest BCUT2D eigenvalue weighted by molar-refractivity contribution is 7.92. The van der Waals surface area contributed by atoms with Gasteiger partial charge in [-0.1, -0.05) is 36.4 Å². The second-order valence-corrected chi connectivity index (χ2v) is 10.9. The van der Waals surface area contributed by atoms with Crippen molar-refractivity contribution in [3.63, 3.8) is 0 Å². The monoisotopic (exact) mass is 494 g/mol. The van der Waals surface area contributed by atoms with Crippen LogP contribution in [-0.4, -0.2) is 40.6 Å². The number of carbonyl (C=O) groups is 1. The van der Waals surface area contributed by atoms with E-state index < -0.39 is 15.4 Å². The Kier molecular flexibility index (Phi) is 6.34. The third kappa shape index (κ3) is 4.56. The average molecular weight is 495 g/mol. The molecule has 0 atom stereocenters. The van der Waals surface area contributed by atoms with E-state index in [1.54, 1.807) is 24.3 Å². The number of rotatable bonds is 6. The van der Waals surface area contributed by atoms with Crippen molar-refractivity contribution in [1.82, 2.24) is 5.32 Å². The zero-order valence-corrected chi connectivity index (χ0v) is 20.1. The van der Waals surface area contributed by atoms with Crippen LogP contribution in [0.3, 0.4) is 0 Å². The Hall–Kier alpha value is -3.23. The molecular formula is C27H27FN2O4S. The molecule has 0 radical (unpaired) electrons. The Morgan fingerprint density at radius 2 is 1.77 bits per heavy atom. The lowest BCUT2D eigenvalue weighted by Gasteiger charge is -2.38. The maximum Gasteiger partial charge on any atom is 0.264 e. The number of para-hydroxylation sites is 1.